The molecule has 0 saturated heterocycles. The SMILES string of the molecule is CC(C(=O)NCC(Oc1ccc(F)cc1)C(=O)O)C(C)(C)C. The number of carboxylic acid groups (broad SMARTS) is 1. The molecule has 122 valence electrons. The van der Waals surface area contributed by atoms with Crippen LogP contribution < -0.4 is 10.1 Å². The molecule has 0 aliphatic heterocycles. The maximum absolute atomic E-state index is 12.8. The molecule has 0 spiro atoms. The number of rotatable bonds is 6. The van der Waals surface area contributed by atoms with Gasteiger partial charge >= 0.3 is 5.97 Å². The Hall–Kier alpha value is -2.11. The highest BCUT2D eigenvalue weighted by molar-refractivity contribution is 5.80. The number of benzene rings is 1. The van der Waals surface area contributed by atoms with Crippen molar-refractivity contribution >= 4 is 11.9 Å². The molecule has 0 bridgehead atoms. The zero-order valence-electron chi connectivity index (χ0n) is 13.2. The van der Waals surface area contributed by atoms with Crippen molar-refractivity contribution in [3.63, 3.8) is 0 Å². The number of ether oxygens (including phenoxy) is 1. The average molecular weight is 311 g/mol. The van der Waals surface area contributed by atoms with Gasteiger partial charge in [0.15, 0.2) is 0 Å². The Morgan fingerprint density at radius 3 is 2.27 bits per heavy atom. The van der Waals surface area contributed by atoms with Crippen LogP contribution in [0.5, 0.6) is 5.75 Å². The number of nitrogens with one attached hydrogen (secondary N) is 1. The summed E-state index contributed by atoms with van der Waals surface area (Å²) in [6, 6.07) is 5.03. The third-order valence-corrected chi connectivity index (χ3v) is 3.52. The second-order valence-electron chi connectivity index (χ2n) is 6.23. The molecule has 0 saturated carbocycles. The van der Waals surface area contributed by atoms with Crippen LogP contribution in [-0.2, 0) is 9.59 Å². The number of hydrogen-bond acceptors (Lipinski definition) is 3. The first-order valence-electron chi connectivity index (χ1n) is 7.04. The van der Waals surface area contributed by atoms with Gasteiger partial charge in [-0.15, -0.1) is 0 Å². The third kappa shape index (κ3) is 5.35. The second-order valence-corrected chi connectivity index (χ2v) is 6.23. The minimum Gasteiger partial charge on any atom is -0.478 e. The van der Waals surface area contributed by atoms with Crippen LogP contribution in [0, 0.1) is 17.2 Å². The molecule has 1 rings (SSSR count). The van der Waals surface area contributed by atoms with Gasteiger partial charge in [-0.05, 0) is 29.7 Å². The molecule has 2 N–H and O–H groups in total. The highest BCUT2D eigenvalue weighted by atomic mass is 19.1. The molecule has 2 unspecified atom stereocenters. The van der Waals surface area contributed by atoms with Gasteiger partial charge in [0.2, 0.25) is 12.0 Å². The lowest BCUT2D eigenvalue weighted by Gasteiger charge is -2.26. The molecule has 0 aliphatic carbocycles. The summed E-state index contributed by atoms with van der Waals surface area (Å²) in [5.41, 5.74) is -0.222. The second kappa shape index (κ2) is 7.24. The average Bonchev–Trinajstić information content (AvgIpc) is 2.42. The molecule has 0 fully saturated rings. The van der Waals surface area contributed by atoms with Crippen LogP contribution in [-0.4, -0.2) is 29.6 Å². The van der Waals surface area contributed by atoms with Crippen LogP contribution in [0.3, 0.4) is 0 Å². The summed E-state index contributed by atoms with van der Waals surface area (Å²) >= 11 is 0. The van der Waals surface area contributed by atoms with Gasteiger partial charge in [-0.2, -0.15) is 0 Å². The summed E-state index contributed by atoms with van der Waals surface area (Å²) in [4.78, 5) is 23.2. The van der Waals surface area contributed by atoms with Gasteiger partial charge in [0, 0.05) is 5.92 Å². The quantitative estimate of drug-likeness (QED) is 0.846. The molecule has 2 atom stereocenters. The maximum Gasteiger partial charge on any atom is 0.346 e. The van der Waals surface area contributed by atoms with Crippen LogP contribution >= 0.6 is 0 Å². The normalized spacial score (nSPS) is 14.0. The molecule has 1 aromatic rings. The van der Waals surface area contributed by atoms with E-state index >= 15 is 0 Å². The predicted octanol–water partition coefficient (Wildman–Crippen LogP) is 2.46. The highest BCUT2D eigenvalue weighted by Gasteiger charge is 2.28. The van der Waals surface area contributed by atoms with E-state index in [4.69, 9.17) is 9.84 Å². The fraction of sp³-hybridized carbons (Fsp3) is 0.500. The van der Waals surface area contributed by atoms with Crippen molar-refractivity contribution in [1.82, 2.24) is 5.32 Å². The first kappa shape index (κ1) is 17.9. The molecule has 0 radical (unpaired) electrons. The van der Waals surface area contributed by atoms with E-state index in [9.17, 15) is 14.0 Å². The Morgan fingerprint density at radius 2 is 1.82 bits per heavy atom. The molecule has 0 aliphatic rings. The number of carbonyl (C=O) groups is 2. The Bertz CT molecular complexity index is 522. The predicted molar refractivity (Wildman–Crippen MR) is 80.1 cm³/mol. The minimum atomic E-state index is -1.23. The van der Waals surface area contributed by atoms with Gasteiger partial charge in [0.05, 0.1) is 6.54 Å². The van der Waals surface area contributed by atoms with Gasteiger partial charge in [-0.25, -0.2) is 9.18 Å². The van der Waals surface area contributed by atoms with Crippen molar-refractivity contribution in [3.8, 4) is 5.75 Å². The largest absolute Gasteiger partial charge is 0.478 e. The zero-order chi connectivity index (χ0) is 16.9. The smallest absolute Gasteiger partial charge is 0.346 e. The maximum atomic E-state index is 12.8. The lowest BCUT2D eigenvalue weighted by molar-refractivity contribution is -0.145. The van der Waals surface area contributed by atoms with Crippen LogP contribution in [0.1, 0.15) is 27.7 Å². The Kier molecular flexibility index (Phi) is 5.91. The van der Waals surface area contributed by atoms with Crippen LogP contribution in [0.2, 0.25) is 0 Å². The molecule has 6 heteroatoms. The monoisotopic (exact) mass is 311 g/mol. The van der Waals surface area contributed by atoms with Crippen LogP contribution in [0.25, 0.3) is 0 Å². The van der Waals surface area contributed by atoms with Crippen molar-refractivity contribution in [2.24, 2.45) is 11.3 Å². The van der Waals surface area contributed by atoms with Crippen molar-refractivity contribution in [1.29, 1.82) is 0 Å². The van der Waals surface area contributed by atoms with E-state index in [1.54, 1.807) is 6.92 Å². The van der Waals surface area contributed by atoms with Crippen molar-refractivity contribution in [2.75, 3.05) is 6.54 Å². The summed E-state index contributed by atoms with van der Waals surface area (Å²) in [7, 11) is 0. The first-order chi connectivity index (χ1) is 10.1. The molecular weight excluding hydrogens is 289 g/mol. The Labute approximate surface area is 129 Å². The van der Waals surface area contributed by atoms with Crippen molar-refractivity contribution in [2.45, 2.75) is 33.8 Å². The van der Waals surface area contributed by atoms with Gasteiger partial charge in [0.25, 0.3) is 0 Å². The number of amides is 1. The van der Waals surface area contributed by atoms with E-state index in [2.05, 4.69) is 5.32 Å². The molecular formula is C16H22FNO4. The van der Waals surface area contributed by atoms with E-state index in [0.717, 1.165) is 0 Å². The minimum absolute atomic E-state index is 0.161. The van der Waals surface area contributed by atoms with E-state index < -0.39 is 17.9 Å². The van der Waals surface area contributed by atoms with Gasteiger partial charge in [-0.1, -0.05) is 27.7 Å². The third-order valence-electron chi connectivity index (χ3n) is 3.52. The fourth-order valence-electron chi connectivity index (χ4n) is 1.60. The summed E-state index contributed by atoms with van der Waals surface area (Å²) in [6.45, 7) is 7.42. The van der Waals surface area contributed by atoms with Crippen LogP contribution in [0.15, 0.2) is 24.3 Å². The Balaban J connectivity index is 2.64. The molecule has 5 nitrogen and oxygen atoms in total. The summed E-state index contributed by atoms with van der Waals surface area (Å²) < 4.78 is 18.1. The standard InChI is InChI=1S/C16H22FNO4/c1-10(16(2,3)4)14(19)18-9-13(15(20)21)22-12-7-5-11(17)6-8-12/h5-8,10,13H,9H2,1-4H3,(H,18,19)(H,20,21). The molecule has 0 aromatic heterocycles. The zero-order valence-corrected chi connectivity index (χ0v) is 13.2. The van der Waals surface area contributed by atoms with E-state index in [0.29, 0.717) is 0 Å². The number of hydrogen-bond donors (Lipinski definition) is 2. The van der Waals surface area contributed by atoms with Crippen molar-refractivity contribution in [3.05, 3.63) is 30.1 Å². The number of carbonyl (C=O) groups excluding carboxylic acids is 1. The lowest BCUT2D eigenvalue weighted by atomic mass is 9.81. The highest BCUT2D eigenvalue weighted by Crippen LogP contribution is 2.25. The summed E-state index contributed by atoms with van der Waals surface area (Å²) in [5, 5.41) is 11.7. The van der Waals surface area contributed by atoms with E-state index in [-0.39, 0.29) is 29.5 Å². The fourth-order valence-corrected chi connectivity index (χ4v) is 1.60. The Morgan fingerprint density at radius 1 is 1.27 bits per heavy atom. The summed E-state index contributed by atoms with van der Waals surface area (Å²) in [5.74, 6) is -1.92. The van der Waals surface area contributed by atoms with E-state index in [1.165, 1.54) is 24.3 Å². The molecule has 0 heterocycles. The molecule has 22 heavy (non-hydrogen) atoms. The van der Waals surface area contributed by atoms with Gasteiger partial charge in [-0.3, -0.25) is 4.79 Å². The van der Waals surface area contributed by atoms with E-state index in [1.807, 2.05) is 20.8 Å². The van der Waals surface area contributed by atoms with Crippen molar-refractivity contribution < 1.29 is 23.8 Å². The molecule has 1 aromatic carbocycles. The topological polar surface area (TPSA) is 75.6 Å². The lowest BCUT2D eigenvalue weighted by Crippen LogP contribution is -2.44. The van der Waals surface area contributed by atoms with Gasteiger partial charge in [0.1, 0.15) is 11.6 Å². The molecule has 1 amide bonds. The number of carboxylic acids is 1. The van der Waals surface area contributed by atoms with Crippen LogP contribution in [0.4, 0.5) is 4.39 Å². The summed E-state index contributed by atoms with van der Waals surface area (Å²) in [6.07, 6.45) is -1.23. The first-order valence-corrected chi connectivity index (χ1v) is 7.04. The number of aliphatic carboxylic acids is 1. The van der Waals surface area contributed by atoms with Gasteiger partial charge < -0.3 is 15.2 Å². The number of halogens is 1.